The highest BCUT2D eigenvalue weighted by molar-refractivity contribution is 9.11. The number of benzene rings is 1. The van der Waals surface area contributed by atoms with E-state index in [4.69, 9.17) is 4.74 Å². The van der Waals surface area contributed by atoms with Crippen LogP contribution in [0.4, 0.5) is 5.82 Å². The number of halogens is 2. The Labute approximate surface area is 150 Å². The Morgan fingerprint density at radius 1 is 1.39 bits per heavy atom. The van der Waals surface area contributed by atoms with Crippen LogP contribution >= 0.6 is 31.9 Å². The van der Waals surface area contributed by atoms with E-state index in [1.807, 2.05) is 13.8 Å². The summed E-state index contributed by atoms with van der Waals surface area (Å²) < 4.78 is 8.40. The molecule has 0 fully saturated rings. The van der Waals surface area contributed by atoms with Crippen molar-refractivity contribution in [3.63, 3.8) is 0 Å². The van der Waals surface area contributed by atoms with E-state index in [2.05, 4.69) is 37.0 Å². The second kappa shape index (κ2) is 5.83. The minimum absolute atomic E-state index is 0.0639. The molecule has 1 aliphatic heterocycles. The van der Waals surface area contributed by atoms with Gasteiger partial charge in [0.2, 0.25) is 0 Å². The molecular formula is C15H15Br2N3O3. The van der Waals surface area contributed by atoms with Crippen LogP contribution in [0, 0.1) is 6.92 Å². The van der Waals surface area contributed by atoms with Crippen molar-refractivity contribution in [2.24, 2.45) is 7.05 Å². The average molecular weight is 445 g/mol. The largest absolute Gasteiger partial charge is 0.506 e. The lowest BCUT2D eigenvalue weighted by molar-refractivity contribution is 0.0958. The zero-order chi connectivity index (χ0) is 16.9. The maximum atomic E-state index is 13.0. The maximum Gasteiger partial charge on any atom is 0.259 e. The third-order valence-corrected chi connectivity index (χ3v) is 4.87. The third-order valence-electron chi connectivity index (χ3n) is 3.66. The predicted molar refractivity (Wildman–Crippen MR) is 93.2 cm³/mol. The minimum Gasteiger partial charge on any atom is -0.506 e. The summed E-state index contributed by atoms with van der Waals surface area (Å²) in [5.74, 6) is 1.17. The molecule has 1 aromatic carbocycles. The smallest absolute Gasteiger partial charge is 0.259 e. The number of carbonyl (C=O) groups excluding carboxylic acids is 1. The molecule has 0 aliphatic carbocycles. The van der Waals surface area contributed by atoms with Crippen molar-refractivity contribution >= 4 is 43.6 Å². The molecule has 2 aromatic rings. The summed E-state index contributed by atoms with van der Waals surface area (Å²) in [5, 5.41) is 14.2. The second-order valence-electron chi connectivity index (χ2n) is 5.49. The Morgan fingerprint density at radius 2 is 2.00 bits per heavy atom. The van der Waals surface area contributed by atoms with Gasteiger partial charge in [-0.25, -0.2) is 4.68 Å². The van der Waals surface area contributed by atoms with E-state index in [9.17, 15) is 9.90 Å². The molecule has 0 bridgehead atoms. The highest BCUT2D eigenvalue weighted by Gasteiger charge is 2.33. The number of carbonyl (C=O) groups is 1. The lowest BCUT2D eigenvalue weighted by Gasteiger charge is -2.32. The molecule has 6 nitrogen and oxygen atoms in total. The molecule has 1 aromatic heterocycles. The fourth-order valence-electron chi connectivity index (χ4n) is 2.67. The van der Waals surface area contributed by atoms with Gasteiger partial charge in [0.15, 0.2) is 11.6 Å². The number of rotatable bonds is 1. The number of hydrogen-bond donors (Lipinski definition) is 1. The summed E-state index contributed by atoms with van der Waals surface area (Å²) >= 11 is 6.52. The summed E-state index contributed by atoms with van der Waals surface area (Å²) in [5.41, 5.74) is 1.21. The van der Waals surface area contributed by atoms with Gasteiger partial charge in [0.1, 0.15) is 17.5 Å². The van der Waals surface area contributed by atoms with Gasteiger partial charge >= 0.3 is 0 Å². The van der Waals surface area contributed by atoms with E-state index < -0.39 is 0 Å². The van der Waals surface area contributed by atoms with Gasteiger partial charge in [-0.05, 0) is 57.8 Å². The zero-order valence-electron chi connectivity index (χ0n) is 12.8. The molecular weight excluding hydrogens is 430 g/mol. The lowest BCUT2D eigenvalue weighted by Crippen LogP contribution is -2.43. The van der Waals surface area contributed by atoms with Crippen molar-refractivity contribution in [3.05, 3.63) is 32.3 Å². The highest BCUT2D eigenvalue weighted by Crippen LogP contribution is 2.38. The number of aromatic hydroxyl groups is 1. The van der Waals surface area contributed by atoms with Gasteiger partial charge in [0.25, 0.3) is 5.91 Å². The quantitative estimate of drug-likeness (QED) is 0.731. The van der Waals surface area contributed by atoms with Crippen LogP contribution in [0.3, 0.4) is 0 Å². The molecule has 0 saturated carbocycles. The van der Waals surface area contributed by atoms with Crippen LogP contribution in [0.2, 0.25) is 0 Å². The summed E-state index contributed by atoms with van der Waals surface area (Å²) in [6.07, 6.45) is -0.127. The predicted octanol–water partition coefficient (Wildman–Crippen LogP) is 3.39. The molecule has 0 radical (unpaired) electrons. The Bertz CT molecular complexity index is 781. The number of aryl methyl sites for hydroxylation is 2. The van der Waals surface area contributed by atoms with Gasteiger partial charge in [-0.3, -0.25) is 9.69 Å². The monoisotopic (exact) mass is 443 g/mol. The molecule has 0 saturated heterocycles. The Balaban J connectivity index is 2.07. The molecule has 1 amide bonds. The maximum absolute atomic E-state index is 13.0. The van der Waals surface area contributed by atoms with Crippen LogP contribution in [0.15, 0.2) is 21.1 Å². The van der Waals surface area contributed by atoms with E-state index in [-0.39, 0.29) is 17.8 Å². The van der Waals surface area contributed by atoms with Crippen molar-refractivity contribution in [2.75, 3.05) is 11.4 Å². The minimum atomic E-state index is -0.175. The van der Waals surface area contributed by atoms with Crippen LogP contribution in [0.1, 0.15) is 23.0 Å². The molecule has 1 atom stereocenters. The molecule has 0 unspecified atom stereocenters. The molecule has 1 aliphatic rings. The Kier molecular flexibility index (Phi) is 4.14. The first-order chi connectivity index (χ1) is 10.8. The molecule has 1 N–H and O–H groups in total. The van der Waals surface area contributed by atoms with Crippen molar-refractivity contribution < 1.29 is 14.6 Å². The molecule has 0 spiro atoms. The van der Waals surface area contributed by atoms with Crippen LogP contribution in [0.5, 0.6) is 11.5 Å². The average Bonchev–Trinajstić information content (AvgIpc) is 2.77. The molecule has 3 rings (SSSR count). The fourth-order valence-corrected chi connectivity index (χ4v) is 3.85. The van der Waals surface area contributed by atoms with Crippen LogP contribution in [-0.2, 0) is 7.05 Å². The first-order valence-electron chi connectivity index (χ1n) is 6.99. The summed E-state index contributed by atoms with van der Waals surface area (Å²) in [4.78, 5) is 14.7. The lowest BCUT2D eigenvalue weighted by atomic mass is 10.1. The number of amides is 1. The standard InChI is InChI=1S/C15H15Br2N3O3/c1-7-6-20(14-13(23-7)8(2)18-19(14)3)15(22)9-4-10(16)12(21)11(17)5-9/h4-5,7,21H,6H2,1-3H3/t7-/m0/s1. The Morgan fingerprint density at radius 3 is 2.61 bits per heavy atom. The van der Waals surface area contributed by atoms with Gasteiger partial charge in [0, 0.05) is 12.6 Å². The van der Waals surface area contributed by atoms with Gasteiger partial charge in [-0.2, -0.15) is 5.10 Å². The van der Waals surface area contributed by atoms with Crippen molar-refractivity contribution in [2.45, 2.75) is 20.0 Å². The number of anilines is 1. The number of phenolic OH excluding ortho intramolecular Hbond substituents is 1. The topological polar surface area (TPSA) is 67.6 Å². The zero-order valence-corrected chi connectivity index (χ0v) is 16.0. The molecule has 8 heteroatoms. The number of aromatic nitrogens is 2. The normalized spacial score (nSPS) is 16.9. The van der Waals surface area contributed by atoms with Crippen molar-refractivity contribution in [3.8, 4) is 11.5 Å². The van der Waals surface area contributed by atoms with E-state index in [1.165, 1.54) is 0 Å². The fraction of sp³-hybridized carbons (Fsp3) is 0.333. The van der Waals surface area contributed by atoms with Crippen molar-refractivity contribution in [1.82, 2.24) is 9.78 Å². The van der Waals surface area contributed by atoms with Crippen LogP contribution in [-0.4, -0.2) is 33.4 Å². The first-order valence-corrected chi connectivity index (χ1v) is 8.58. The van der Waals surface area contributed by atoms with E-state index in [1.54, 1.807) is 28.8 Å². The number of nitrogens with zero attached hydrogens (tertiary/aromatic N) is 3. The van der Waals surface area contributed by atoms with E-state index in [0.29, 0.717) is 32.6 Å². The van der Waals surface area contributed by atoms with Gasteiger partial charge in [0.05, 0.1) is 15.5 Å². The molecule has 23 heavy (non-hydrogen) atoms. The number of ether oxygens (including phenoxy) is 1. The number of fused-ring (bicyclic) bond motifs is 1. The first kappa shape index (κ1) is 16.3. The van der Waals surface area contributed by atoms with Crippen LogP contribution in [0.25, 0.3) is 0 Å². The summed E-state index contributed by atoms with van der Waals surface area (Å²) in [6.45, 7) is 4.20. The van der Waals surface area contributed by atoms with Crippen LogP contribution < -0.4 is 9.64 Å². The van der Waals surface area contributed by atoms with Gasteiger partial charge < -0.3 is 9.84 Å². The van der Waals surface area contributed by atoms with Gasteiger partial charge in [-0.1, -0.05) is 0 Å². The molecule has 2 heterocycles. The van der Waals surface area contributed by atoms with Crippen molar-refractivity contribution in [1.29, 1.82) is 0 Å². The second-order valence-corrected chi connectivity index (χ2v) is 7.20. The summed E-state index contributed by atoms with van der Waals surface area (Å²) in [6, 6.07) is 3.21. The van der Waals surface area contributed by atoms with Gasteiger partial charge in [-0.15, -0.1) is 0 Å². The van der Waals surface area contributed by atoms with E-state index >= 15 is 0 Å². The highest BCUT2D eigenvalue weighted by atomic mass is 79.9. The SMILES string of the molecule is Cc1nn(C)c2c1O[C@@H](C)CN2C(=O)c1cc(Br)c(O)c(Br)c1. The van der Waals surface area contributed by atoms with E-state index in [0.717, 1.165) is 5.69 Å². The third kappa shape index (κ3) is 2.74. The number of hydrogen-bond acceptors (Lipinski definition) is 4. The molecule has 122 valence electrons. The Hall–Kier alpha value is -1.54. The number of phenols is 1. The summed E-state index contributed by atoms with van der Waals surface area (Å²) in [7, 11) is 1.79.